The molecule has 0 N–H and O–H groups in total. The van der Waals surface area contributed by atoms with Gasteiger partial charge in [0.2, 0.25) is 0 Å². The van der Waals surface area contributed by atoms with E-state index in [0.717, 1.165) is 38.9 Å². The van der Waals surface area contributed by atoms with Crippen LogP contribution in [0.15, 0.2) is 236 Å². The highest BCUT2D eigenvalue weighted by Gasteiger charge is 2.47. The molecule has 0 radical (unpaired) electrons. The lowest BCUT2D eigenvalue weighted by Crippen LogP contribution is -2.56. The van der Waals surface area contributed by atoms with Crippen LogP contribution in [-0.4, -0.2) is 55.9 Å². The van der Waals surface area contributed by atoms with E-state index in [9.17, 15) is 0 Å². The fourth-order valence-electron chi connectivity index (χ4n) is 8.66. The maximum Gasteiger partial charge on any atom is 0.150 e. The molecule has 0 unspecified atom stereocenters. The van der Waals surface area contributed by atoms with Gasteiger partial charge in [0.05, 0.1) is 52.9 Å². The first-order valence-electron chi connectivity index (χ1n) is 24.5. The third-order valence-corrected chi connectivity index (χ3v) is 12.3. The number of hydrogen-bond acceptors (Lipinski definition) is 9. The van der Waals surface area contributed by atoms with Crippen LogP contribution in [0.1, 0.15) is 38.9 Å². The molecule has 9 nitrogen and oxygen atoms in total. The highest BCUT2D eigenvalue weighted by molar-refractivity contribution is 5.25. The molecule has 1 fully saturated rings. The van der Waals surface area contributed by atoms with Crippen molar-refractivity contribution in [3.63, 3.8) is 0 Å². The second kappa shape index (κ2) is 26.5. The van der Waals surface area contributed by atoms with Crippen molar-refractivity contribution < 1.29 is 42.6 Å². The topological polar surface area (TPSA) is 83.1 Å². The predicted molar refractivity (Wildman–Crippen MR) is 273 cm³/mol. The summed E-state index contributed by atoms with van der Waals surface area (Å²) < 4.78 is 61.7. The summed E-state index contributed by atoms with van der Waals surface area (Å²) in [4.78, 5) is 0. The van der Waals surface area contributed by atoms with Crippen LogP contribution >= 0.6 is 0 Å². The van der Waals surface area contributed by atoms with Crippen molar-refractivity contribution in [1.29, 1.82) is 0 Å². The zero-order valence-electron chi connectivity index (χ0n) is 39.9. The Kier molecular flexibility index (Phi) is 18.4. The van der Waals surface area contributed by atoms with Gasteiger partial charge >= 0.3 is 0 Å². The monoisotopic (exact) mass is 950 g/mol. The molecule has 0 aromatic heterocycles. The first kappa shape index (κ1) is 49.3. The summed E-state index contributed by atoms with van der Waals surface area (Å²) in [6.45, 7) is 2.82. The van der Waals surface area contributed by atoms with Crippen LogP contribution < -0.4 is 0 Å². The fourth-order valence-corrected chi connectivity index (χ4v) is 8.66. The van der Waals surface area contributed by atoms with Gasteiger partial charge in [-0.15, -0.1) is 0 Å². The van der Waals surface area contributed by atoms with Crippen LogP contribution in [0.2, 0.25) is 0 Å². The van der Waals surface area contributed by atoms with Crippen LogP contribution in [0, 0.1) is 0 Å². The van der Waals surface area contributed by atoms with Crippen LogP contribution in [0.3, 0.4) is 0 Å². The molecule has 0 aliphatic carbocycles. The van der Waals surface area contributed by atoms with E-state index in [1.807, 2.05) is 140 Å². The van der Waals surface area contributed by atoms with Crippen molar-refractivity contribution >= 4 is 0 Å². The summed E-state index contributed by atoms with van der Waals surface area (Å²) in [6.07, 6.45) is -0.497. The highest BCUT2D eigenvalue weighted by atomic mass is 16.6. The fraction of sp³-hybridized carbons (Fsp3) is 0.258. The summed E-state index contributed by atoms with van der Waals surface area (Å²) in [7, 11) is 0. The number of hydrogen-bond donors (Lipinski definition) is 0. The van der Waals surface area contributed by atoms with Gasteiger partial charge in [-0.25, -0.2) is 0 Å². The summed E-state index contributed by atoms with van der Waals surface area (Å²) >= 11 is 0. The Bertz CT molecular complexity index is 2640. The van der Waals surface area contributed by atoms with Crippen molar-refractivity contribution in [2.24, 2.45) is 0 Å². The van der Waals surface area contributed by atoms with Gasteiger partial charge in [-0.2, -0.15) is 0 Å². The Morgan fingerprint density at radius 1 is 0.352 bits per heavy atom. The second-order valence-electron chi connectivity index (χ2n) is 17.7. The quantitative estimate of drug-likeness (QED) is 0.0588. The van der Waals surface area contributed by atoms with Crippen molar-refractivity contribution in [3.05, 3.63) is 275 Å². The van der Waals surface area contributed by atoms with Gasteiger partial charge in [-0.3, -0.25) is 0 Å². The molecule has 7 atom stereocenters. The number of benzene rings is 7. The normalized spacial score (nSPS) is 21.5. The summed E-state index contributed by atoms with van der Waals surface area (Å²) in [6, 6.07) is 70.9. The standard InChI is InChI=1S/C62H62O9/c1-8-22-47(23-9-1)38-63-45-57-59(66-41-50-28-14-4-15-29-50)55(65-40-49-26-12-3-13-27-49)36-54(70-57)37-56-60(67-42-51-30-16-5-17-31-51)62(69-44-53-34-20-7-21-35-53)61(68-43-52-32-18-6-19-33-52)58(71-56)46-64-39-48-24-10-2-11-25-48/h1-37,54,57-62H,38-46H2/b56-37-/t54-,57+,58+,59+,60-,61-,62+/m0/s1. The lowest BCUT2D eigenvalue weighted by Gasteiger charge is -2.44. The van der Waals surface area contributed by atoms with Crippen LogP contribution in [0.25, 0.3) is 0 Å². The van der Waals surface area contributed by atoms with Crippen LogP contribution in [-0.2, 0) is 88.9 Å². The Morgan fingerprint density at radius 2 is 0.704 bits per heavy atom. The average molecular weight is 951 g/mol. The van der Waals surface area contributed by atoms with Gasteiger partial charge in [0.15, 0.2) is 6.10 Å². The zero-order chi connectivity index (χ0) is 48.1. The van der Waals surface area contributed by atoms with Crippen molar-refractivity contribution in [2.75, 3.05) is 13.2 Å². The molecule has 9 rings (SSSR count). The smallest absolute Gasteiger partial charge is 0.150 e. The molecule has 0 amide bonds. The van der Waals surface area contributed by atoms with E-state index in [-0.39, 0.29) is 19.8 Å². The summed E-state index contributed by atoms with van der Waals surface area (Å²) in [5, 5.41) is 0. The van der Waals surface area contributed by atoms with E-state index in [2.05, 4.69) is 84.9 Å². The molecule has 7 aromatic rings. The van der Waals surface area contributed by atoms with E-state index in [0.29, 0.717) is 51.2 Å². The van der Waals surface area contributed by atoms with Gasteiger partial charge in [-0.1, -0.05) is 212 Å². The van der Waals surface area contributed by atoms with Gasteiger partial charge in [0, 0.05) is 0 Å². The van der Waals surface area contributed by atoms with Gasteiger partial charge in [0.25, 0.3) is 0 Å². The van der Waals surface area contributed by atoms with Crippen molar-refractivity contribution in [3.8, 4) is 0 Å². The van der Waals surface area contributed by atoms with Gasteiger partial charge in [-0.05, 0) is 51.1 Å². The first-order valence-corrected chi connectivity index (χ1v) is 24.5. The molecule has 7 aromatic carbocycles. The Labute approximate surface area is 418 Å². The molecule has 0 spiro atoms. The molecule has 1 saturated heterocycles. The predicted octanol–water partition coefficient (Wildman–Crippen LogP) is 11.9. The summed E-state index contributed by atoms with van der Waals surface area (Å²) in [5.41, 5.74) is 7.21. The average Bonchev–Trinajstić information content (AvgIpc) is 3.43. The molecular formula is C62H62O9. The minimum Gasteiger partial charge on any atom is -0.491 e. The SMILES string of the molecule is C1=C(OCc2ccccc2)[C@@H](OCc2ccccc2)[C@@H](COCc2ccccc2)O[C@@H]1/C=C1\O[C@H](COCc2ccccc2)[C@H](OCc2ccccc2)[C@H](OCc2ccccc2)[C@H]1OCc1ccccc1. The van der Waals surface area contributed by atoms with Crippen molar-refractivity contribution in [1.82, 2.24) is 0 Å². The number of ether oxygens (including phenoxy) is 9. The molecular weight excluding hydrogens is 889 g/mol. The van der Waals surface area contributed by atoms with Gasteiger partial charge < -0.3 is 42.6 Å². The van der Waals surface area contributed by atoms with E-state index < -0.39 is 42.7 Å². The molecule has 2 aliphatic heterocycles. The van der Waals surface area contributed by atoms with E-state index in [4.69, 9.17) is 42.6 Å². The molecule has 71 heavy (non-hydrogen) atoms. The molecule has 9 heteroatoms. The lowest BCUT2D eigenvalue weighted by atomic mass is 9.95. The minimum atomic E-state index is -0.740. The molecule has 364 valence electrons. The maximum atomic E-state index is 7.18. The first-order chi connectivity index (χ1) is 35.2. The van der Waals surface area contributed by atoms with Crippen LogP contribution in [0.4, 0.5) is 0 Å². The van der Waals surface area contributed by atoms with E-state index in [1.165, 1.54) is 0 Å². The zero-order valence-corrected chi connectivity index (χ0v) is 39.9. The molecule has 0 saturated carbocycles. The third kappa shape index (κ3) is 14.9. The maximum absolute atomic E-state index is 7.18. The minimum absolute atomic E-state index is 0.209. The molecule has 2 heterocycles. The number of rotatable bonds is 24. The van der Waals surface area contributed by atoms with E-state index in [1.54, 1.807) is 0 Å². The largest absolute Gasteiger partial charge is 0.491 e. The van der Waals surface area contributed by atoms with Gasteiger partial charge in [0.1, 0.15) is 54.7 Å². The van der Waals surface area contributed by atoms with E-state index >= 15 is 0 Å². The molecule has 0 bridgehead atoms. The van der Waals surface area contributed by atoms with Crippen molar-refractivity contribution in [2.45, 2.75) is 89.0 Å². The molecule has 2 aliphatic rings. The third-order valence-electron chi connectivity index (χ3n) is 12.3. The lowest BCUT2D eigenvalue weighted by molar-refractivity contribution is -0.224. The highest BCUT2D eigenvalue weighted by Crippen LogP contribution is 2.35. The Balaban J connectivity index is 1.09. The Hall–Kier alpha value is -6.66. The van der Waals surface area contributed by atoms with Crippen LogP contribution in [0.5, 0.6) is 0 Å². The second-order valence-corrected chi connectivity index (χ2v) is 17.7. The Morgan fingerprint density at radius 3 is 1.14 bits per heavy atom. The summed E-state index contributed by atoms with van der Waals surface area (Å²) in [5.74, 6) is 1.16.